The molecule has 1 amide bonds. The third kappa shape index (κ3) is 5.53. The van der Waals surface area contributed by atoms with Gasteiger partial charge in [0.05, 0.1) is 10.6 Å². The van der Waals surface area contributed by atoms with Crippen LogP contribution in [0.15, 0.2) is 64.9 Å². The number of benzene rings is 2. The van der Waals surface area contributed by atoms with E-state index in [-0.39, 0.29) is 16.6 Å². The van der Waals surface area contributed by atoms with E-state index in [0.717, 1.165) is 11.3 Å². The van der Waals surface area contributed by atoms with Gasteiger partial charge in [-0.1, -0.05) is 43.3 Å². The van der Waals surface area contributed by atoms with E-state index < -0.39 is 10.0 Å². The molecule has 3 rings (SSSR count). The molecule has 1 N–H and O–H groups in total. The summed E-state index contributed by atoms with van der Waals surface area (Å²) < 4.78 is 28.9. The molecule has 3 aromatic rings. The minimum atomic E-state index is -3.61. The van der Waals surface area contributed by atoms with Crippen molar-refractivity contribution in [3.63, 3.8) is 0 Å². The highest BCUT2D eigenvalue weighted by molar-refractivity contribution is 7.99. The zero-order chi connectivity index (χ0) is 23.3. The zero-order valence-electron chi connectivity index (χ0n) is 18.1. The lowest BCUT2D eigenvalue weighted by molar-refractivity contribution is -0.113. The van der Waals surface area contributed by atoms with Gasteiger partial charge < -0.3 is 5.32 Å². The zero-order valence-corrected chi connectivity index (χ0v) is 20.5. The normalized spacial score (nSPS) is 11.7. The first-order chi connectivity index (χ1) is 15.3. The number of sulfonamides is 1. The van der Waals surface area contributed by atoms with Crippen molar-refractivity contribution in [3.05, 3.63) is 65.4 Å². The predicted molar refractivity (Wildman–Crippen MR) is 129 cm³/mol. The van der Waals surface area contributed by atoms with Crippen molar-refractivity contribution in [2.75, 3.05) is 24.2 Å². The van der Waals surface area contributed by atoms with Gasteiger partial charge in [0.15, 0.2) is 5.16 Å². The Balaban J connectivity index is 1.71. The quantitative estimate of drug-likeness (QED) is 0.441. The van der Waals surface area contributed by atoms with Crippen LogP contribution in [0.2, 0.25) is 5.02 Å². The molecule has 0 aliphatic rings. The van der Waals surface area contributed by atoms with Gasteiger partial charge in [0.25, 0.3) is 0 Å². The molecule has 1 heterocycles. The van der Waals surface area contributed by atoms with Gasteiger partial charge in [0.1, 0.15) is 0 Å². The third-order valence-electron chi connectivity index (χ3n) is 4.87. The van der Waals surface area contributed by atoms with Crippen LogP contribution in [0.25, 0.3) is 5.69 Å². The molecule has 0 aliphatic carbocycles. The summed E-state index contributed by atoms with van der Waals surface area (Å²) in [5, 5.41) is 4.14. The van der Waals surface area contributed by atoms with Crippen molar-refractivity contribution in [3.8, 4) is 5.69 Å². The maximum atomic E-state index is 12.8. The summed E-state index contributed by atoms with van der Waals surface area (Å²) in [7, 11) is -3.61. The van der Waals surface area contributed by atoms with E-state index in [0.29, 0.717) is 29.0 Å². The van der Waals surface area contributed by atoms with Crippen LogP contribution in [0.3, 0.4) is 0 Å². The van der Waals surface area contributed by atoms with E-state index in [1.54, 1.807) is 44.3 Å². The molecule has 10 heteroatoms. The second-order valence-electron chi connectivity index (χ2n) is 6.96. The first-order valence-corrected chi connectivity index (χ1v) is 12.9. The van der Waals surface area contributed by atoms with Crippen molar-refractivity contribution < 1.29 is 13.2 Å². The number of imidazole rings is 1. The van der Waals surface area contributed by atoms with Gasteiger partial charge in [-0.15, -0.1) is 0 Å². The highest BCUT2D eigenvalue weighted by Gasteiger charge is 2.22. The molecule has 0 saturated heterocycles. The first-order valence-electron chi connectivity index (χ1n) is 10.1. The molecule has 2 aromatic carbocycles. The number of thioether (sulfide) groups is 1. The fourth-order valence-electron chi connectivity index (χ4n) is 3.12. The van der Waals surface area contributed by atoms with Crippen LogP contribution in [0.4, 0.5) is 5.69 Å². The molecule has 7 nitrogen and oxygen atoms in total. The summed E-state index contributed by atoms with van der Waals surface area (Å²) in [4.78, 5) is 17.1. The topological polar surface area (TPSA) is 84.3 Å². The fraction of sp³-hybridized carbons (Fsp3) is 0.273. The monoisotopic (exact) mass is 492 g/mol. The molecule has 32 heavy (non-hydrogen) atoms. The Bertz CT molecular complexity index is 1190. The number of anilines is 1. The molecule has 0 unspecified atom stereocenters. The van der Waals surface area contributed by atoms with E-state index in [1.165, 1.54) is 22.1 Å². The minimum absolute atomic E-state index is 0.122. The van der Waals surface area contributed by atoms with Gasteiger partial charge >= 0.3 is 0 Å². The molecule has 0 aliphatic heterocycles. The standard InChI is InChI=1S/C22H25ClN4O3S2/c1-4-26(5-2)32(29,30)19-11-6-16(3)20(14-19)25-21(28)15-31-22-24-12-13-27(22)18-9-7-17(23)8-10-18/h6-14H,4-5,15H2,1-3H3,(H,25,28). The van der Waals surface area contributed by atoms with Crippen molar-refractivity contribution in [1.29, 1.82) is 0 Å². The first kappa shape index (κ1) is 24.3. The highest BCUT2D eigenvalue weighted by atomic mass is 35.5. The van der Waals surface area contributed by atoms with Gasteiger partial charge in [0, 0.05) is 41.9 Å². The smallest absolute Gasteiger partial charge is 0.243 e. The summed E-state index contributed by atoms with van der Waals surface area (Å²) in [6.45, 7) is 6.17. The molecule has 0 saturated carbocycles. The molecular weight excluding hydrogens is 468 g/mol. The summed E-state index contributed by atoms with van der Waals surface area (Å²) in [5.74, 6) is -0.127. The van der Waals surface area contributed by atoms with Crippen molar-refractivity contribution >= 4 is 45.0 Å². The van der Waals surface area contributed by atoms with Gasteiger partial charge in [-0.25, -0.2) is 13.4 Å². The maximum absolute atomic E-state index is 12.8. The van der Waals surface area contributed by atoms with E-state index >= 15 is 0 Å². The van der Waals surface area contributed by atoms with E-state index in [4.69, 9.17) is 11.6 Å². The van der Waals surface area contributed by atoms with Crippen molar-refractivity contribution in [2.45, 2.75) is 30.8 Å². The fourth-order valence-corrected chi connectivity index (χ4v) is 5.50. The number of rotatable bonds is 9. The summed E-state index contributed by atoms with van der Waals surface area (Å²) in [5.41, 5.74) is 2.15. The average molecular weight is 493 g/mol. The number of carbonyl (C=O) groups is 1. The maximum Gasteiger partial charge on any atom is 0.243 e. The Morgan fingerprint density at radius 1 is 1.16 bits per heavy atom. The molecular formula is C22H25ClN4O3S2. The van der Waals surface area contributed by atoms with Crippen LogP contribution >= 0.6 is 23.4 Å². The Kier molecular flexibility index (Phi) is 8.00. The predicted octanol–water partition coefficient (Wildman–Crippen LogP) is 4.60. The number of amides is 1. The number of aromatic nitrogens is 2. The SMILES string of the molecule is CCN(CC)S(=O)(=O)c1ccc(C)c(NC(=O)CSc2nccn2-c2ccc(Cl)cc2)c1. The molecule has 0 radical (unpaired) electrons. The van der Waals surface area contributed by atoms with Gasteiger partial charge in [0.2, 0.25) is 15.9 Å². The largest absolute Gasteiger partial charge is 0.325 e. The Morgan fingerprint density at radius 2 is 1.84 bits per heavy atom. The Hall–Kier alpha value is -2.33. The lowest BCUT2D eigenvalue weighted by Gasteiger charge is -2.19. The number of halogens is 1. The van der Waals surface area contributed by atoms with Crippen LogP contribution in [-0.2, 0) is 14.8 Å². The van der Waals surface area contributed by atoms with Crippen LogP contribution in [0.5, 0.6) is 0 Å². The molecule has 0 atom stereocenters. The summed E-state index contributed by atoms with van der Waals surface area (Å²) in [6.07, 6.45) is 3.48. The number of carbonyl (C=O) groups excluding carboxylic acids is 1. The lowest BCUT2D eigenvalue weighted by atomic mass is 10.2. The molecule has 0 spiro atoms. The van der Waals surface area contributed by atoms with Crippen LogP contribution in [-0.4, -0.2) is 47.0 Å². The number of hydrogen-bond acceptors (Lipinski definition) is 5. The Morgan fingerprint density at radius 3 is 2.50 bits per heavy atom. The number of hydrogen-bond donors (Lipinski definition) is 1. The average Bonchev–Trinajstić information content (AvgIpc) is 3.23. The number of aryl methyl sites for hydroxylation is 1. The summed E-state index contributed by atoms with van der Waals surface area (Å²) >= 11 is 7.24. The number of nitrogens with zero attached hydrogens (tertiary/aromatic N) is 3. The molecule has 0 fully saturated rings. The van der Waals surface area contributed by atoms with Crippen LogP contribution in [0, 0.1) is 6.92 Å². The Labute approximate surface area is 197 Å². The van der Waals surface area contributed by atoms with E-state index in [2.05, 4.69) is 10.3 Å². The van der Waals surface area contributed by atoms with Crippen molar-refractivity contribution in [2.24, 2.45) is 0 Å². The molecule has 0 bridgehead atoms. The van der Waals surface area contributed by atoms with Gasteiger partial charge in [-0.2, -0.15) is 4.31 Å². The number of nitrogens with one attached hydrogen (secondary N) is 1. The minimum Gasteiger partial charge on any atom is -0.325 e. The molecule has 1 aromatic heterocycles. The van der Waals surface area contributed by atoms with Crippen LogP contribution in [0.1, 0.15) is 19.4 Å². The van der Waals surface area contributed by atoms with Crippen LogP contribution < -0.4 is 5.32 Å². The van der Waals surface area contributed by atoms with E-state index in [9.17, 15) is 13.2 Å². The van der Waals surface area contributed by atoms with Gasteiger partial charge in [-0.05, 0) is 48.9 Å². The molecule has 170 valence electrons. The van der Waals surface area contributed by atoms with Gasteiger partial charge in [-0.3, -0.25) is 9.36 Å². The second kappa shape index (κ2) is 10.5. The van der Waals surface area contributed by atoms with E-state index in [1.807, 2.05) is 29.8 Å². The summed E-state index contributed by atoms with van der Waals surface area (Å²) in [6, 6.07) is 12.1. The second-order valence-corrected chi connectivity index (χ2v) is 10.3. The highest BCUT2D eigenvalue weighted by Crippen LogP contribution is 2.25. The van der Waals surface area contributed by atoms with Crippen molar-refractivity contribution in [1.82, 2.24) is 13.9 Å². The third-order valence-corrected chi connectivity index (χ3v) is 8.13. The lowest BCUT2D eigenvalue weighted by Crippen LogP contribution is -2.30.